The molecule has 3 N–H and O–H groups in total. The molecule has 4 unspecified atom stereocenters. The highest BCUT2D eigenvalue weighted by atomic mass is 16.5. The number of primary amides is 1. The summed E-state index contributed by atoms with van der Waals surface area (Å²) in [5.41, 5.74) is 6.67. The monoisotopic (exact) mass is 441 g/mol. The minimum Gasteiger partial charge on any atom is -0.497 e. The van der Waals surface area contributed by atoms with Crippen LogP contribution in [-0.4, -0.2) is 55.7 Å². The number of ether oxygens (including phenoxy) is 2. The van der Waals surface area contributed by atoms with Crippen LogP contribution in [0.2, 0.25) is 0 Å². The summed E-state index contributed by atoms with van der Waals surface area (Å²) < 4.78 is 11.2. The molecule has 7 nitrogen and oxygen atoms in total. The van der Waals surface area contributed by atoms with Gasteiger partial charge < -0.3 is 20.5 Å². The summed E-state index contributed by atoms with van der Waals surface area (Å²) in [5, 5.41) is 3.34. The fraction of sp³-hybridized carbons (Fsp3) is 0.680. The van der Waals surface area contributed by atoms with Gasteiger partial charge in [0.05, 0.1) is 13.7 Å². The highest BCUT2D eigenvalue weighted by Crippen LogP contribution is 2.59. The maximum absolute atomic E-state index is 13.2. The fourth-order valence-electron chi connectivity index (χ4n) is 7.09. The van der Waals surface area contributed by atoms with Crippen molar-refractivity contribution in [3.63, 3.8) is 0 Å². The molecular weight excluding hydrogens is 406 g/mol. The quantitative estimate of drug-likeness (QED) is 0.706. The van der Waals surface area contributed by atoms with Gasteiger partial charge >= 0.3 is 0 Å². The van der Waals surface area contributed by atoms with Crippen molar-refractivity contribution < 1.29 is 19.1 Å². The predicted molar refractivity (Wildman–Crippen MR) is 120 cm³/mol. The third kappa shape index (κ3) is 3.79. The number of benzene rings is 1. The van der Waals surface area contributed by atoms with Gasteiger partial charge in [0.25, 0.3) is 5.91 Å². The molecule has 7 heteroatoms. The maximum Gasteiger partial charge on any atom is 0.250 e. The molecule has 1 aromatic rings. The molecule has 1 saturated heterocycles. The number of amides is 2. The Morgan fingerprint density at radius 3 is 2.50 bits per heavy atom. The van der Waals surface area contributed by atoms with Gasteiger partial charge in [-0.05, 0) is 74.5 Å². The van der Waals surface area contributed by atoms with Crippen LogP contribution in [0.1, 0.15) is 50.6 Å². The zero-order valence-corrected chi connectivity index (χ0v) is 19.1. The summed E-state index contributed by atoms with van der Waals surface area (Å²) in [6, 6.07) is 8.44. The minimum atomic E-state index is -0.466. The summed E-state index contributed by atoms with van der Waals surface area (Å²) in [5.74, 6) is 1.99. The number of nitrogens with two attached hydrogens (primary N) is 1. The number of hydrogen-bond acceptors (Lipinski definition) is 5. The number of methoxy groups -OCH3 is 1. The summed E-state index contributed by atoms with van der Waals surface area (Å²) in [4.78, 5) is 27.7. The summed E-state index contributed by atoms with van der Waals surface area (Å²) in [6.45, 7) is 4.09. The Bertz CT molecular complexity index is 856. The van der Waals surface area contributed by atoms with Crippen LogP contribution in [0.3, 0.4) is 0 Å². The maximum atomic E-state index is 13.2. The van der Waals surface area contributed by atoms with Gasteiger partial charge in [-0.1, -0.05) is 12.1 Å². The molecule has 4 saturated carbocycles. The van der Waals surface area contributed by atoms with E-state index in [2.05, 4.69) is 29.3 Å². The first-order valence-corrected chi connectivity index (χ1v) is 12.0. The van der Waals surface area contributed by atoms with Crippen LogP contribution < -0.4 is 15.8 Å². The second kappa shape index (κ2) is 8.34. The van der Waals surface area contributed by atoms with Gasteiger partial charge in [0, 0.05) is 30.6 Å². The molecule has 6 rings (SSSR count). The Morgan fingerprint density at radius 1 is 1.19 bits per heavy atom. The molecule has 1 aromatic carbocycles. The molecule has 32 heavy (non-hydrogen) atoms. The Kier molecular flexibility index (Phi) is 5.66. The van der Waals surface area contributed by atoms with E-state index >= 15 is 0 Å². The Morgan fingerprint density at radius 2 is 1.88 bits per heavy atom. The van der Waals surface area contributed by atoms with Crippen molar-refractivity contribution in [1.29, 1.82) is 0 Å². The molecular formula is C25H35N3O4. The molecule has 0 radical (unpaired) electrons. The molecule has 1 heterocycles. The van der Waals surface area contributed by atoms with Crippen LogP contribution in [0.25, 0.3) is 0 Å². The number of carbonyl (C=O) groups is 2. The van der Waals surface area contributed by atoms with E-state index in [1.165, 1.54) is 5.56 Å². The first-order chi connectivity index (χ1) is 15.4. The second-order valence-electron chi connectivity index (χ2n) is 10.5. The molecule has 2 amide bonds. The van der Waals surface area contributed by atoms with E-state index in [1.807, 2.05) is 12.1 Å². The van der Waals surface area contributed by atoms with Crippen molar-refractivity contribution in [3.05, 3.63) is 29.8 Å². The van der Waals surface area contributed by atoms with Gasteiger partial charge in [0.1, 0.15) is 11.9 Å². The van der Waals surface area contributed by atoms with Gasteiger partial charge in [0.15, 0.2) is 0 Å². The zero-order valence-electron chi connectivity index (χ0n) is 19.1. The molecule has 5 fully saturated rings. The van der Waals surface area contributed by atoms with Crippen molar-refractivity contribution in [2.45, 2.75) is 57.2 Å². The van der Waals surface area contributed by atoms with Crippen molar-refractivity contribution >= 4 is 11.8 Å². The van der Waals surface area contributed by atoms with Gasteiger partial charge in [0.2, 0.25) is 5.91 Å². The van der Waals surface area contributed by atoms with Crippen LogP contribution in [-0.2, 0) is 14.3 Å². The average molecular weight is 442 g/mol. The normalized spacial score (nSPS) is 37.1. The first kappa shape index (κ1) is 21.7. The van der Waals surface area contributed by atoms with E-state index in [-0.39, 0.29) is 29.3 Å². The van der Waals surface area contributed by atoms with Gasteiger partial charge in [-0.3, -0.25) is 14.5 Å². The lowest BCUT2D eigenvalue weighted by molar-refractivity contribution is -0.151. The summed E-state index contributed by atoms with van der Waals surface area (Å²) in [6.07, 6.45) is 4.33. The molecule has 4 bridgehead atoms. The lowest BCUT2D eigenvalue weighted by Gasteiger charge is -2.59. The van der Waals surface area contributed by atoms with Crippen molar-refractivity contribution in [3.8, 4) is 5.75 Å². The molecule has 5 aliphatic rings. The molecule has 0 aromatic heterocycles. The molecule has 4 aliphatic carbocycles. The second-order valence-corrected chi connectivity index (χ2v) is 10.5. The summed E-state index contributed by atoms with van der Waals surface area (Å²) in [7, 11) is 1.67. The van der Waals surface area contributed by atoms with Gasteiger partial charge in [-0.15, -0.1) is 0 Å². The number of rotatable bonds is 6. The Labute approximate surface area is 190 Å². The highest BCUT2D eigenvalue weighted by Gasteiger charge is 2.58. The predicted octanol–water partition coefficient (Wildman–Crippen LogP) is 2.25. The SMILES string of the molecule is COc1ccc(C(C)N2CCOC(C(=O)NC3C4CC5CC3CC(C(N)=O)(C5)C4)C2)cc1. The van der Waals surface area contributed by atoms with Crippen molar-refractivity contribution in [2.24, 2.45) is 28.9 Å². The number of carbonyl (C=O) groups excluding carboxylic acids is 2. The fourth-order valence-corrected chi connectivity index (χ4v) is 7.09. The van der Waals surface area contributed by atoms with Crippen LogP contribution in [0.4, 0.5) is 0 Å². The third-order valence-corrected chi connectivity index (χ3v) is 8.64. The lowest BCUT2D eigenvalue weighted by Crippen LogP contribution is -2.63. The number of hydrogen-bond donors (Lipinski definition) is 2. The molecule has 174 valence electrons. The van der Waals surface area contributed by atoms with Crippen molar-refractivity contribution in [2.75, 3.05) is 26.8 Å². The van der Waals surface area contributed by atoms with E-state index in [1.54, 1.807) is 7.11 Å². The van der Waals surface area contributed by atoms with Crippen LogP contribution in [0, 0.1) is 23.2 Å². The Hall–Kier alpha value is -2.12. The third-order valence-electron chi connectivity index (χ3n) is 8.64. The standard InChI is InChI=1S/C25H35N3O4/c1-15(17-3-5-20(31-2)6-4-17)28-7-8-32-21(14-28)23(29)27-22-18-9-16-10-19(22)13-25(11-16,12-18)24(26)30/h3-6,15-16,18-19,21-22H,7-14H2,1-2H3,(H2,26,30)(H,27,29). The van der Waals surface area contributed by atoms with Gasteiger partial charge in [-0.2, -0.15) is 0 Å². The number of nitrogens with one attached hydrogen (secondary N) is 1. The molecule has 0 spiro atoms. The van der Waals surface area contributed by atoms with Crippen molar-refractivity contribution in [1.82, 2.24) is 10.2 Å². The molecule has 4 atom stereocenters. The van der Waals surface area contributed by atoms with E-state index in [0.717, 1.165) is 44.4 Å². The van der Waals surface area contributed by atoms with Crippen LogP contribution in [0.15, 0.2) is 24.3 Å². The Balaban J connectivity index is 1.22. The van der Waals surface area contributed by atoms with E-state index in [9.17, 15) is 9.59 Å². The van der Waals surface area contributed by atoms with Crippen LogP contribution in [0.5, 0.6) is 5.75 Å². The summed E-state index contributed by atoms with van der Waals surface area (Å²) >= 11 is 0. The topological polar surface area (TPSA) is 93.9 Å². The highest BCUT2D eigenvalue weighted by molar-refractivity contribution is 5.83. The first-order valence-electron chi connectivity index (χ1n) is 12.0. The number of morpholine rings is 1. The lowest BCUT2D eigenvalue weighted by atomic mass is 9.47. The minimum absolute atomic E-state index is 0.0118. The molecule has 1 aliphatic heterocycles. The van der Waals surface area contributed by atoms with Crippen LogP contribution >= 0.6 is 0 Å². The zero-order chi connectivity index (χ0) is 22.5. The smallest absolute Gasteiger partial charge is 0.250 e. The van der Waals surface area contributed by atoms with E-state index in [4.69, 9.17) is 15.2 Å². The van der Waals surface area contributed by atoms with E-state index < -0.39 is 6.10 Å². The number of nitrogens with zero attached hydrogens (tertiary/aromatic N) is 1. The van der Waals surface area contributed by atoms with Gasteiger partial charge in [-0.25, -0.2) is 0 Å². The largest absolute Gasteiger partial charge is 0.497 e. The average Bonchev–Trinajstić information content (AvgIpc) is 2.80. The van der Waals surface area contributed by atoms with E-state index in [0.29, 0.717) is 30.9 Å².